The number of halogens is 8. The number of ether oxygens (including phenoxy) is 1. The van der Waals surface area contributed by atoms with Crippen molar-refractivity contribution in [3.63, 3.8) is 0 Å². The Labute approximate surface area is 293 Å². The molecule has 1 saturated carbocycles. The summed E-state index contributed by atoms with van der Waals surface area (Å²) < 4.78 is 84.5. The van der Waals surface area contributed by atoms with Gasteiger partial charge in [-0.15, -0.1) is 13.2 Å². The van der Waals surface area contributed by atoms with Crippen LogP contribution in [0.3, 0.4) is 0 Å². The molecule has 2 aromatic carbocycles. The minimum Gasteiger partial charge on any atom is -0.508 e. The molecule has 51 heavy (non-hydrogen) atoms. The third kappa shape index (κ3) is 5.55. The molecule has 3 N–H and O–H groups in total. The van der Waals surface area contributed by atoms with Crippen LogP contribution in [-0.2, 0) is 30.8 Å². The number of fused-ring (bicyclic) bond motifs is 4. The number of phenolic OH excluding ortho intramolecular Hbond substituents is 1. The van der Waals surface area contributed by atoms with Gasteiger partial charge in [-0.25, -0.2) is 4.98 Å². The van der Waals surface area contributed by atoms with Crippen molar-refractivity contribution in [1.82, 2.24) is 15.3 Å². The monoisotopic (exact) mass is 754 g/mol. The third-order valence-electron chi connectivity index (χ3n) is 9.94. The van der Waals surface area contributed by atoms with Crippen molar-refractivity contribution in [3.8, 4) is 11.5 Å². The largest absolute Gasteiger partial charge is 0.573 e. The van der Waals surface area contributed by atoms with Crippen LogP contribution in [0.4, 0.5) is 32.2 Å². The number of alkyl halides is 6. The van der Waals surface area contributed by atoms with Gasteiger partial charge in [0.1, 0.15) is 11.5 Å². The Balaban J connectivity index is 1.46. The van der Waals surface area contributed by atoms with E-state index in [9.17, 15) is 45.8 Å². The maximum Gasteiger partial charge on any atom is 0.573 e. The van der Waals surface area contributed by atoms with E-state index in [1.54, 1.807) is 6.08 Å². The molecule has 1 aromatic heterocycles. The zero-order valence-electron chi connectivity index (χ0n) is 25.5. The van der Waals surface area contributed by atoms with E-state index in [1.807, 2.05) is 0 Å². The molecule has 3 fully saturated rings. The molecule has 4 aliphatic rings. The molecule has 3 heterocycles. The molecule has 2 aliphatic carbocycles. The molecule has 2 saturated heterocycles. The number of amides is 4. The van der Waals surface area contributed by atoms with E-state index in [2.05, 4.69) is 20.5 Å². The fourth-order valence-electron chi connectivity index (χ4n) is 8.00. The molecule has 10 nitrogen and oxygen atoms in total. The number of pyridine rings is 1. The number of aromatic hydroxyl groups is 1. The number of nitrogens with zero attached hydrogens (tertiary/aromatic N) is 2. The topological polar surface area (TPSA) is 138 Å². The lowest BCUT2D eigenvalue weighted by Crippen LogP contribution is -2.53. The molecule has 0 spiro atoms. The van der Waals surface area contributed by atoms with Gasteiger partial charge in [-0.2, -0.15) is 18.2 Å². The predicted octanol–water partition coefficient (Wildman–Crippen LogP) is 6.28. The van der Waals surface area contributed by atoms with Gasteiger partial charge in [0.25, 0.3) is 11.8 Å². The number of allylic oxidation sites excluding steroid dienone is 2. The Morgan fingerprint density at radius 3 is 2.31 bits per heavy atom. The number of hydrogen-bond acceptors (Lipinski definition) is 8. The molecular weight excluding hydrogens is 733 g/mol. The number of imide groups is 2. The van der Waals surface area contributed by atoms with Gasteiger partial charge in [-0.05, 0) is 60.7 Å². The van der Waals surface area contributed by atoms with Crippen LogP contribution < -0.4 is 15.5 Å². The number of phenols is 1. The van der Waals surface area contributed by atoms with Crippen LogP contribution in [0.2, 0.25) is 10.0 Å². The van der Waals surface area contributed by atoms with E-state index < -0.39 is 99.1 Å². The normalized spacial score (nSPS) is 27.4. The van der Waals surface area contributed by atoms with Crippen molar-refractivity contribution >= 4 is 52.6 Å². The fraction of sp³-hybridized carbons (Fsp3) is 0.303. The van der Waals surface area contributed by atoms with Crippen LogP contribution in [0.1, 0.15) is 35.4 Å². The first-order valence-corrected chi connectivity index (χ1v) is 15.9. The number of carbonyl (C=O) groups excluding carboxylic acids is 4. The number of rotatable bonds is 5. The average Bonchev–Trinajstić information content (AvgIpc) is 3.46. The molecule has 6 atom stereocenters. The average molecular weight is 755 g/mol. The van der Waals surface area contributed by atoms with Gasteiger partial charge in [0, 0.05) is 22.7 Å². The maximum atomic E-state index is 15.0. The summed E-state index contributed by atoms with van der Waals surface area (Å²) >= 11 is 12.3. The Morgan fingerprint density at radius 1 is 0.961 bits per heavy atom. The summed E-state index contributed by atoms with van der Waals surface area (Å²) in [6.45, 7) is 0. The lowest BCUT2D eigenvalue weighted by atomic mass is 9.49. The maximum absolute atomic E-state index is 15.0. The van der Waals surface area contributed by atoms with Crippen LogP contribution >= 0.6 is 23.2 Å². The van der Waals surface area contributed by atoms with E-state index in [1.165, 1.54) is 24.3 Å². The highest BCUT2D eigenvalue weighted by Gasteiger charge is 2.70. The summed E-state index contributed by atoms with van der Waals surface area (Å²) in [6, 6.07) is 8.84. The zero-order valence-corrected chi connectivity index (χ0v) is 27.0. The van der Waals surface area contributed by atoms with Gasteiger partial charge < -0.3 is 9.84 Å². The first-order valence-electron chi connectivity index (χ1n) is 15.2. The van der Waals surface area contributed by atoms with Crippen molar-refractivity contribution in [2.45, 2.75) is 36.7 Å². The number of aromatic nitrogens is 1. The van der Waals surface area contributed by atoms with Crippen LogP contribution in [-0.4, -0.2) is 45.1 Å². The summed E-state index contributed by atoms with van der Waals surface area (Å²) in [7, 11) is 0. The van der Waals surface area contributed by atoms with Crippen molar-refractivity contribution in [2.24, 2.45) is 23.7 Å². The first-order chi connectivity index (χ1) is 23.9. The van der Waals surface area contributed by atoms with E-state index in [4.69, 9.17) is 23.2 Å². The lowest BCUT2D eigenvalue weighted by Gasteiger charge is -2.50. The number of hydrogen-bond donors (Lipinski definition) is 3. The molecule has 7 rings (SSSR count). The second-order valence-corrected chi connectivity index (χ2v) is 13.4. The van der Waals surface area contributed by atoms with Crippen molar-refractivity contribution in [3.05, 3.63) is 93.1 Å². The highest BCUT2D eigenvalue weighted by Crippen LogP contribution is 2.64. The second-order valence-electron chi connectivity index (χ2n) is 12.5. The molecule has 0 bridgehead atoms. The summed E-state index contributed by atoms with van der Waals surface area (Å²) in [5.41, 5.74) is -0.720. The Kier molecular flexibility index (Phi) is 8.05. The summed E-state index contributed by atoms with van der Waals surface area (Å²) in [5.74, 6) is -10.8. The summed E-state index contributed by atoms with van der Waals surface area (Å²) in [4.78, 5) is 59.2. The zero-order chi connectivity index (χ0) is 36.8. The molecule has 18 heteroatoms. The second kappa shape index (κ2) is 11.9. The van der Waals surface area contributed by atoms with Crippen LogP contribution in [0.25, 0.3) is 0 Å². The number of nitrogens with one attached hydrogen (secondary N) is 2. The minimum atomic E-state index is -5.16. The highest BCUT2D eigenvalue weighted by molar-refractivity contribution is 6.33. The number of benzene rings is 2. The summed E-state index contributed by atoms with van der Waals surface area (Å²) in [5, 5.41) is 13.7. The van der Waals surface area contributed by atoms with E-state index >= 15 is 4.79 Å². The molecular formula is C33H22Cl2F6N4O6. The van der Waals surface area contributed by atoms with Crippen LogP contribution in [0, 0.1) is 23.7 Å². The smallest absolute Gasteiger partial charge is 0.508 e. The van der Waals surface area contributed by atoms with Crippen molar-refractivity contribution in [1.29, 1.82) is 0 Å². The third-order valence-corrected chi connectivity index (χ3v) is 10.5. The van der Waals surface area contributed by atoms with Gasteiger partial charge >= 0.3 is 12.5 Å². The van der Waals surface area contributed by atoms with Crippen LogP contribution in [0.15, 0.2) is 66.4 Å². The van der Waals surface area contributed by atoms with Gasteiger partial charge in [0.05, 0.1) is 33.8 Å². The first kappa shape index (κ1) is 34.6. The van der Waals surface area contributed by atoms with E-state index in [0.717, 1.165) is 18.2 Å². The Hall–Kier alpha value is -4.83. The molecule has 0 radical (unpaired) electrons. The molecule has 3 aromatic rings. The Bertz CT molecular complexity index is 2040. The molecule has 6 unspecified atom stereocenters. The predicted molar refractivity (Wildman–Crippen MR) is 165 cm³/mol. The number of anilines is 1. The molecule has 2 aliphatic heterocycles. The molecule has 4 amide bonds. The van der Waals surface area contributed by atoms with Gasteiger partial charge in [0.15, 0.2) is 5.82 Å². The van der Waals surface area contributed by atoms with Crippen molar-refractivity contribution in [2.75, 3.05) is 5.43 Å². The number of carbonyl (C=O) groups is 4. The number of hydrazine groups is 1. The van der Waals surface area contributed by atoms with Gasteiger partial charge in [-0.3, -0.25) is 29.9 Å². The SMILES string of the molecule is O=C1NC(=O)C2C1CC=C1C2CC2C(=O)N(Nc3ncc(C(F)(F)F)cc3Cl)C(=O)C2(c2ccc(Cl)cc2)C1c1cc(OC(F)(F)F)ccc1O. The quantitative estimate of drug-likeness (QED) is 0.157. The van der Waals surface area contributed by atoms with E-state index in [0.29, 0.717) is 22.8 Å². The van der Waals surface area contributed by atoms with E-state index in [-0.39, 0.29) is 29.0 Å². The van der Waals surface area contributed by atoms with Gasteiger partial charge in [-0.1, -0.05) is 47.0 Å². The standard InChI is InChI=1S/C33H22Cl2F6N4O6/c34-15-3-1-13(2-4-15)31-21(29(49)45(30(31)50)44-26-22(35)9-14(12-42-26)32(36,37)38)11-19-17(6-7-18-24(19)28(48)43-27(18)47)25(31)20-10-16(5-8-23(20)46)51-33(39,40)41/h1-6,8-10,12,18-19,21,24-25,46H,7,11H2,(H,42,44)(H,43,47,48). The lowest BCUT2D eigenvalue weighted by molar-refractivity contribution is -0.274. The minimum absolute atomic E-state index is 0.0133. The van der Waals surface area contributed by atoms with Gasteiger partial charge in [0.2, 0.25) is 11.8 Å². The fourth-order valence-corrected chi connectivity index (χ4v) is 8.33. The highest BCUT2D eigenvalue weighted by atomic mass is 35.5. The Morgan fingerprint density at radius 2 is 1.67 bits per heavy atom. The molecule has 266 valence electrons. The summed E-state index contributed by atoms with van der Waals surface area (Å²) in [6.07, 6.45) is -8.21. The van der Waals surface area contributed by atoms with Crippen molar-refractivity contribution < 1.29 is 55.4 Å². The van der Waals surface area contributed by atoms with Crippen LogP contribution in [0.5, 0.6) is 11.5 Å².